The number of benzene rings is 3. The Morgan fingerprint density at radius 3 is 2.26 bits per heavy atom. The molecule has 174 valence electrons. The van der Waals surface area contributed by atoms with Crippen molar-refractivity contribution in [3.05, 3.63) is 102 Å². The second-order valence-corrected chi connectivity index (χ2v) is 8.89. The smallest absolute Gasteiger partial charge is 0.338 e. The Hall–Kier alpha value is -4.30. The summed E-state index contributed by atoms with van der Waals surface area (Å²) in [6.45, 7) is 1.37. The van der Waals surface area contributed by atoms with E-state index in [1.54, 1.807) is 47.9 Å². The summed E-state index contributed by atoms with van der Waals surface area (Å²) in [5, 5.41) is 2.73. The molecule has 2 heterocycles. The van der Waals surface area contributed by atoms with Crippen molar-refractivity contribution >= 4 is 46.6 Å². The third kappa shape index (κ3) is 4.56. The maximum Gasteiger partial charge on any atom is 0.338 e. The summed E-state index contributed by atoms with van der Waals surface area (Å²) in [4.78, 5) is 41.8. The second kappa shape index (κ2) is 9.52. The zero-order chi connectivity index (χ0) is 24.4. The molecule has 0 atom stereocenters. The van der Waals surface area contributed by atoms with Crippen LogP contribution in [-0.2, 0) is 9.53 Å². The Balaban J connectivity index is 1.32. The molecule has 8 heteroatoms. The van der Waals surface area contributed by atoms with Crippen molar-refractivity contribution < 1.29 is 23.5 Å². The van der Waals surface area contributed by atoms with Gasteiger partial charge in [0.2, 0.25) is 0 Å². The molecule has 0 saturated heterocycles. The predicted molar refractivity (Wildman–Crippen MR) is 132 cm³/mol. The third-order valence-electron chi connectivity index (χ3n) is 5.47. The average molecular weight is 485 g/mol. The number of esters is 1. The van der Waals surface area contributed by atoms with Crippen molar-refractivity contribution in [3.63, 3.8) is 0 Å². The standard InChI is InChI=1S/C27H20N2O5S/c1-17-12-13-18(15-19(17)28-26(31)22-9-6-14-33-22)27(32)34-16-25(30)29-20-7-2-4-10-23(20)35-24-11-5-3-8-21(24)29/h2-15H,16H2,1H3,(H,28,31). The summed E-state index contributed by atoms with van der Waals surface area (Å²) in [6, 6.07) is 23.2. The lowest BCUT2D eigenvalue weighted by Gasteiger charge is -2.30. The normalized spacial score (nSPS) is 11.9. The van der Waals surface area contributed by atoms with E-state index in [1.807, 2.05) is 48.5 Å². The number of anilines is 3. The predicted octanol–water partition coefficient (Wildman–Crippen LogP) is 5.83. The highest BCUT2D eigenvalue weighted by Crippen LogP contribution is 2.47. The van der Waals surface area contributed by atoms with Gasteiger partial charge in [0.15, 0.2) is 12.4 Å². The van der Waals surface area contributed by atoms with E-state index in [-0.39, 0.29) is 17.2 Å². The first-order chi connectivity index (χ1) is 17.0. The van der Waals surface area contributed by atoms with Crippen LogP contribution in [0, 0.1) is 6.92 Å². The van der Waals surface area contributed by atoms with Crippen LogP contribution in [0.15, 0.2) is 99.3 Å². The number of carbonyl (C=O) groups excluding carboxylic acids is 3. The van der Waals surface area contributed by atoms with Gasteiger partial charge in [0.05, 0.1) is 23.2 Å². The van der Waals surface area contributed by atoms with Crippen molar-refractivity contribution in [2.75, 3.05) is 16.8 Å². The molecule has 4 aromatic rings. The van der Waals surface area contributed by atoms with Gasteiger partial charge in [-0.05, 0) is 61.0 Å². The summed E-state index contributed by atoms with van der Waals surface area (Å²) in [6.07, 6.45) is 1.41. The van der Waals surface area contributed by atoms with Crippen LogP contribution < -0.4 is 10.2 Å². The van der Waals surface area contributed by atoms with Gasteiger partial charge in [-0.1, -0.05) is 42.1 Å². The van der Waals surface area contributed by atoms with Crippen LogP contribution in [0.4, 0.5) is 17.1 Å². The summed E-state index contributed by atoms with van der Waals surface area (Å²) in [5.41, 5.74) is 2.92. The molecule has 1 aromatic heterocycles. The topological polar surface area (TPSA) is 88.9 Å². The molecule has 0 saturated carbocycles. The van der Waals surface area contributed by atoms with Gasteiger partial charge in [-0.25, -0.2) is 4.79 Å². The monoisotopic (exact) mass is 484 g/mol. The van der Waals surface area contributed by atoms with Gasteiger partial charge in [0, 0.05) is 15.5 Å². The minimum Gasteiger partial charge on any atom is -0.459 e. The fraction of sp³-hybridized carbons (Fsp3) is 0.0741. The number of para-hydroxylation sites is 2. The number of rotatable bonds is 5. The van der Waals surface area contributed by atoms with Crippen LogP contribution in [0.2, 0.25) is 0 Å². The minimum absolute atomic E-state index is 0.156. The molecular formula is C27H20N2O5S. The fourth-order valence-corrected chi connectivity index (χ4v) is 4.78. The lowest BCUT2D eigenvalue weighted by Crippen LogP contribution is -2.32. The number of carbonyl (C=O) groups is 3. The Bertz CT molecular complexity index is 1390. The van der Waals surface area contributed by atoms with Crippen molar-refractivity contribution in [1.82, 2.24) is 0 Å². The van der Waals surface area contributed by atoms with Crippen LogP contribution >= 0.6 is 11.8 Å². The van der Waals surface area contributed by atoms with Crippen LogP contribution in [0.25, 0.3) is 0 Å². The van der Waals surface area contributed by atoms with E-state index in [9.17, 15) is 14.4 Å². The molecule has 1 N–H and O–H groups in total. The van der Waals surface area contributed by atoms with E-state index in [1.165, 1.54) is 12.3 Å². The van der Waals surface area contributed by atoms with Crippen LogP contribution in [0.1, 0.15) is 26.5 Å². The van der Waals surface area contributed by atoms with E-state index in [0.29, 0.717) is 5.69 Å². The minimum atomic E-state index is -0.667. The number of hydrogen-bond donors (Lipinski definition) is 1. The molecule has 1 aliphatic rings. The zero-order valence-electron chi connectivity index (χ0n) is 18.7. The molecular weight excluding hydrogens is 464 g/mol. The molecule has 5 rings (SSSR count). The summed E-state index contributed by atoms with van der Waals surface area (Å²) >= 11 is 1.59. The van der Waals surface area contributed by atoms with E-state index >= 15 is 0 Å². The molecule has 1 aliphatic heterocycles. The summed E-state index contributed by atoms with van der Waals surface area (Å²) in [5.74, 6) is -1.31. The van der Waals surface area contributed by atoms with Crippen molar-refractivity contribution in [2.45, 2.75) is 16.7 Å². The van der Waals surface area contributed by atoms with Crippen LogP contribution in [-0.4, -0.2) is 24.4 Å². The van der Waals surface area contributed by atoms with Crippen molar-refractivity contribution in [3.8, 4) is 0 Å². The third-order valence-corrected chi connectivity index (χ3v) is 6.61. The zero-order valence-corrected chi connectivity index (χ0v) is 19.5. The molecule has 0 bridgehead atoms. The number of ether oxygens (including phenoxy) is 1. The van der Waals surface area contributed by atoms with E-state index in [0.717, 1.165) is 26.7 Å². The molecule has 0 spiro atoms. The van der Waals surface area contributed by atoms with Gasteiger partial charge < -0.3 is 14.5 Å². The molecule has 7 nitrogen and oxygen atoms in total. The molecule has 0 aliphatic carbocycles. The quantitative estimate of drug-likeness (QED) is 0.359. The van der Waals surface area contributed by atoms with Gasteiger partial charge in [0.1, 0.15) is 0 Å². The van der Waals surface area contributed by atoms with E-state index in [2.05, 4.69) is 5.32 Å². The van der Waals surface area contributed by atoms with E-state index in [4.69, 9.17) is 9.15 Å². The van der Waals surface area contributed by atoms with Crippen LogP contribution in [0.3, 0.4) is 0 Å². The molecule has 0 radical (unpaired) electrons. The number of nitrogens with zero attached hydrogens (tertiary/aromatic N) is 1. The maximum absolute atomic E-state index is 13.2. The van der Waals surface area contributed by atoms with Gasteiger partial charge in [-0.3, -0.25) is 14.5 Å². The number of hydrogen-bond acceptors (Lipinski definition) is 6. The molecule has 3 aromatic carbocycles. The first-order valence-electron chi connectivity index (χ1n) is 10.8. The average Bonchev–Trinajstić information content (AvgIpc) is 3.42. The largest absolute Gasteiger partial charge is 0.459 e. The van der Waals surface area contributed by atoms with Gasteiger partial charge in [-0.2, -0.15) is 0 Å². The second-order valence-electron chi connectivity index (χ2n) is 7.80. The Kier molecular flexibility index (Phi) is 6.12. The number of aryl methyl sites for hydroxylation is 1. The first-order valence-corrected chi connectivity index (χ1v) is 11.6. The van der Waals surface area contributed by atoms with Crippen molar-refractivity contribution in [2.24, 2.45) is 0 Å². The highest BCUT2D eigenvalue weighted by molar-refractivity contribution is 7.99. The Labute approximate surface area is 205 Å². The lowest BCUT2D eigenvalue weighted by atomic mass is 10.1. The summed E-state index contributed by atoms with van der Waals surface area (Å²) < 4.78 is 10.5. The van der Waals surface area contributed by atoms with Gasteiger partial charge in [0.25, 0.3) is 11.8 Å². The Morgan fingerprint density at radius 2 is 1.60 bits per heavy atom. The maximum atomic E-state index is 13.2. The number of fused-ring (bicyclic) bond motifs is 2. The molecule has 0 fully saturated rings. The number of furan rings is 1. The summed E-state index contributed by atoms with van der Waals surface area (Å²) in [7, 11) is 0. The fourth-order valence-electron chi connectivity index (χ4n) is 3.72. The number of nitrogens with one attached hydrogen (secondary N) is 1. The lowest BCUT2D eigenvalue weighted by molar-refractivity contribution is -0.121. The van der Waals surface area contributed by atoms with E-state index < -0.39 is 18.5 Å². The van der Waals surface area contributed by atoms with Crippen molar-refractivity contribution in [1.29, 1.82) is 0 Å². The van der Waals surface area contributed by atoms with Crippen LogP contribution in [0.5, 0.6) is 0 Å². The highest BCUT2D eigenvalue weighted by atomic mass is 32.2. The number of amides is 2. The SMILES string of the molecule is Cc1ccc(C(=O)OCC(=O)N2c3ccccc3Sc3ccccc32)cc1NC(=O)c1ccco1. The molecule has 0 unspecified atom stereocenters. The highest BCUT2D eigenvalue weighted by Gasteiger charge is 2.28. The van der Waals surface area contributed by atoms with Gasteiger partial charge in [-0.15, -0.1) is 0 Å². The van der Waals surface area contributed by atoms with Gasteiger partial charge >= 0.3 is 5.97 Å². The molecule has 2 amide bonds. The Morgan fingerprint density at radius 1 is 0.914 bits per heavy atom. The first kappa shape index (κ1) is 22.5. The molecule has 35 heavy (non-hydrogen) atoms.